The Morgan fingerprint density at radius 1 is 1.48 bits per heavy atom. The lowest BCUT2D eigenvalue weighted by atomic mass is 9.97. The smallest absolute Gasteiger partial charge is 0.310 e. The second kappa shape index (κ2) is 6.74. The Bertz CT molecular complexity index is 506. The number of hydrogen-bond acceptors (Lipinski definition) is 5. The molecule has 1 aromatic heterocycles. The molecule has 0 unspecified atom stereocenters. The van der Waals surface area contributed by atoms with Crippen molar-refractivity contribution in [2.75, 3.05) is 13.7 Å². The molecule has 1 aromatic rings. The van der Waals surface area contributed by atoms with E-state index in [1.165, 1.54) is 7.11 Å². The average Bonchev–Trinajstić information content (AvgIpc) is 3.19. The molecule has 6 nitrogen and oxygen atoms in total. The highest BCUT2D eigenvalue weighted by molar-refractivity contribution is 5.92. The molecule has 6 heteroatoms. The van der Waals surface area contributed by atoms with Gasteiger partial charge in [-0.25, -0.2) is 0 Å². The Hall–Kier alpha value is -1.85. The summed E-state index contributed by atoms with van der Waals surface area (Å²) in [4.78, 5) is 23.7. The molecule has 1 aliphatic rings. The number of ether oxygens (including phenoxy) is 1. The fourth-order valence-electron chi connectivity index (χ4n) is 2.26. The lowest BCUT2D eigenvalue weighted by Crippen LogP contribution is -2.34. The van der Waals surface area contributed by atoms with E-state index in [-0.39, 0.29) is 30.0 Å². The highest BCUT2D eigenvalue weighted by Crippen LogP contribution is 2.40. The van der Waals surface area contributed by atoms with Crippen molar-refractivity contribution in [3.8, 4) is 0 Å². The maximum atomic E-state index is 12.0. The van der Waals surface area contributed by atoms with Gasteiger partial charge in [0.2, 0.25) is 0 Å². The quantitative estimate of drug-likeness (QED) is 0.779. The van der Waals surface area contributed by atoms with E-state index in [1.54, 1.807) is 6.07 Å². The molecule has 0 bridgehead atoms. The monoisotopic (exact) mass is 294 g/mol. The first-order valence-corrected chi connectivity index (χ1v) is 7.34. The van der Waals surface area contributed by atoms with Crippen molar-refractivity contribution in [1.29, 1.82) is 0 Å². The van der Waals surface area contributed by atoms with Crippen molar-refractivity contribution in [2.24, 2.45) is 11.8 Å². The zero-order valence-electron chi connectivity index (χ0n) is 12.7. The first-order valence-electron chi connectivity index (χ1n) is 7.34. The Kier molecular flexibility index (Phi) is 4.98. The van der Waals surface area contributed by atoms with Gasteiger partial charge in [0.1, 0.15) is 5.76 Å². The first kappa shape index (κ1) is 15.5. The molecule has 2 rings (SSSR count). The van der Waals surface area contributed by atoms with E-state index in [2.05, 4.69) is 10.5 Å². The van der Waals surface area contributed by atoms with Gasteiger partial charge in [0, 0.05) is 18.5 Å². The van der Waals surface area contributed by atoms with E-state index in [0.717, 1.165) is 18.6 Å². The van der Waals surface area contributed by atoms with Crippen LogP contribution in [0.1, 0.15) is 55.3 Å². The molecule has 21 heavy (non-hydrogen) atoms. The van der Waals surface area contributed by atoms with Gasteiger partial charge in [-0.15, -0.1) is 0 Å². The van der Waals surface area contributed by atoms with Gasteiger partial charge in [-0.05, 0) is 25.2 Å². The summed E-state index contributed by atoms with van der Waals surface area (Å²) in [5, 5.41) is 6.51. The minimum Gasteiger partial charge on any atom is -0.469 e. The molecule has 1 heterocycles. The van der Waals surface area contributed by atoms with Gasteiger partial charge in [-0.2, -0.15) is 0 Å². The summed E-state index contributed by atoms with van der Waals surface area (Å²) in [5.74, 6) is 0.578. The van der Waals surface area contributed by atoms with Crippen molar-refractivity contribution in [3.63, 3.8) is 0 Å². The standard InChI is InChI=1S/C15H22N2O4/c1-9(2)6-11(15(19)20-3)8-16-14(18)12-7-13(21-17-12)10-4-5-10/h7,9-11H,4-6,8H2,1-3H3,(H,16,18)/t11-/m0/s1. The molecular formula is C15H22N2O4. The Morgan fingerprint density at radius 2 is 2.19 bits per heavy atom. The number of carbonyl (C=O) groups excluding carboxylic acids is 2. The molecule has 0 aliphatic heterocycles. The summed E-state index contributed by atoms with van der Waals surface area (Å²) in [6, 6.07) is 1.68. The third-order valence-electron chi connectivity index (χ3n) is 3.54. The lowest BCUT2D eigenvalue weighted by Gasteiger charge is -2.16. The van der Waals surface area contributed by atoms with Crippen LogP contribution < -0.4 is 5.32 Å². The van der Waals surface area contributed by atoms with Gasteiger partial charge < -0.3 is 14.6 Å². The molecule has 1 amide bonds. The van der Waals surface area contributed by atoms with E-state index in [4.69, 9.17) is 9.26 Å². The number of aromatic nitrogens is 1. The summed E-state index contributed by atoms with van der Waals surface area (Å²) in [6.45, 7) is 4.30. The number of nitrogens with zero attached hydrogens (tertiary/aromatic N) is 1. The van der Waals surface area contributed by atoms with E-state index < -0.39 is 0 Å². The number of rotatable bonds is 7. The minimum atomic E-state index is -0.339. The number of amides is 1. The molecule has 0 spiro atoms. The summed E-state index contributed by atoms with van der Waals surface area (Å²) < 4.78 is 9.92. The van der Waals surface area contributed by atoms with Gasteiger partial charge in [0.05, 0.1) is 13.0 Å². The van der Waals surface area contributed by atoms with Crippen LogP contribution in [0.25, 0.3) is 0 Å². The van der Waals surface area contributed by atoms with Gasteiger partial charge in [-0.3, -0.25) is 9.59 Å². The van der Waals surface area contributed by atoms with Crippen LogP contribution in [0.5, 0.6) is 0 Å². The second-order valence-corrected chi connectivity index (χ2v) is 5.95. The van der Waals surface area contributed by atoms with Crippen LogP contribution >= 0.6 is 0 Å². The average molecular weight is 294 g/mol. The molecule has 1 N–H and O–H groups in total. The number of esters is 1. The largest absolute Gasteiger partial charge is 0.469 e. The first-order chi connectivity index (χ1) is 10.0. The molecule has 116 valence electrons. The van der Waals surface area contributed by atoms with Crippen molar-refractivity contribution in [2.45, 2.75) is 39.0 Å². The number of nitrogens with one attached hydrogen (secondary N) is 1. The zero-order chi connectivity index (χ0) is 15.4. The summed E-state index contributed by atoms with van der Waals surface area (Å²) in [5.41, 5.74) is 0.269. The molecule has 1 fully saturated rings. The van der Waals surface area contributed by atoms with Crippen LogP contribution in [0.15, 0.2) is 10.6 Å². The molecule has 0 radical (unpaired) electrons. The predicted octanol–water partition coefficient (Wildman–Crippen LogP) is 2.12. The third kappa shape index (κ3) is 4.31. The van der Waals surface area contributed by atoms with Crippen molar-refractivity contribution in [1.82, 2.24) is 10.5 Å². The number of methoxy groups -OCH3 is 1. The Balaban J connectivity index is 1.89. The predicted molar refractivity (Wildman–Crippen MR) is 75.8 cm³/mol. The van der Waals surface area contributed by atoms with Gasteiger partial charge in [-0.1, -0.05) is 19.0 Å². The fraction of sp³-hybridized carbons (Fsp3) is 0.667. The minimum absolute atomic E-state index is 0.245. The number of hydrogen-bond donors (Lipinski definition) is 1. The maximum Gasteiger partial charge on any atom is 0.310 e. The molecule has 0 aromatic carbocycles. The molecular weight excluding hydrogens is 272 g/mol. The van der Waals surface area contributed by atoms with Gasteiger partial charge in [0.15, 0.2) is 5.69 Å². The topological polar surface area (TPSA) is 81.4 Å². The van der Waals surface area contributed by atoms with Crippen LogP contribution in [0, 0.1) is 11.8 Å². The van der Waals surface area contributed by atoms with Gasteiger partial charge in [0.25, 0.3) is 5.91 Å². The van der Waals surface area contributed by atoms with Crippen molar-refractivity contribution < 1.29 is 18.8 Å². The van der Waals surface area contributed by atoms with Crippen molar-refractivity contribution >= 4 is 11.9 Å². The van der Waals surface area contributed by atoms with E-state index >= 15 is 0 Å². The summed E-state index contributed by atoms with van der Waals surface area (Å²) in [7, 11) is 1.36. The van der Waals surface area contributed by atoms with Crippen LogP contribution in [-0.4, -0.2) is 30.7 Å². The van der Waals surface area contributed by atoms with Crippen LogP contribution in [-0.2, 0) is 9.53 Å². The lowest BCUT2D eigenvalue weighted by molar-refractivity contribution is -0.145. The van der Waals surface area contributed by atoms with Crippen LogP contribution in [0.3, 0.4) is 0 Å². The fourth-order valence-corrected chi connectivity index (χ4v) is 2.26. The van der Waals surface area contributed by atoms with E-state index in [0.29, 0.717) is 18.3 Å². The van der Waals surface area contributed by atoms with E-state index in [1.807, 2.05) is 13.8 Å². The summed E-state index contributed by atoms with van der Waals surface area (Å²) in [6.07, 6.45) is 2.85. The van der Waals surface area contributed by atoms with Gasteiger partial charge >= 0.3 is 5.97 Å². The SMILES string of the molecule is COC(=O)[C@H](CNC(=O)c1cc(C2CC2)on1)CC(C)C. The zero-order valence-corrected chi connectivity index (χ0v) is 12.7. The normalized spacial score (nSPS) is 15.8. The third-order valence-corrected chi connectivity index (χ3v) is 3.54. The molecule has 1 saturated carbocycles. The van der Waals surface area contributed by atoms with Crippen LogP contribution in [0.4, 0.5) is 0 Å². The van der Waals surface area contributed by atoms with Crippen molar-refractivity contribution in [3.05, 3.63) is 17.5 Å². The Morgan fingerprint density at radius 3 is 2.76 bits per heavy atom. The van der Waals surface area contributed by atoms with Crippen LogP contribution in [0.2, 0.25) is 0 Å². The molecule has 1 atom stereocenters. The summed E-state index contributed by atoms with van der Waals surface area (Å²) >= 11 is 0. The highest BCUT2D eigenvalue weighted by atomic mass is 16.5. The van der Waals surface area contributed by atoms with E-state index in [9.17, 15) is 9.59 Å². The molecule has 0 saturated heterocycles. The highest BCUT2D eigenvalue weighted by Gasteiger charge is 2.29. The molecule has 1 aliphatic carbocycles. The second-order valence-electron chi connectivity index (χ2n) is 5.95. The maximum absolute atomic E-state index is 12.0. The number of carbonyl (C=O) groups is 2. The Labute approximate surface area is 124 Å².